The summed E-state index contributed by atoms with van der Waals surface area (Å²) in [5.41, 5.74) is 2.84. The van der Waals surface area contributed by atoms with Gasteiger partial charge in [0, 0.05) is 24.8 Å². The van der Waals surface area contributed by atoms with Crippen LogP contribution in [0.4, 0.5) is 5.82 Å². The first-order valence-corrected chi connectivity index (χ1v) is 7.81. The third kappa shape index (κ3) is 2.63. The van der Waals surface area contributed by atoms with Crippen molar-refractivity contribution in [1.82, 2.24) is 9.88 Å². The molecule has 21 heavy (non-hydrogen) atoms. The molecule has 3 rings (SSSR count). The highest BCUT2D eigenvalue weighted by Crippen LogP contribution is 2.43. The Labute approximate surface area is 127 Å². The van der Waals surface area contributed by atoms with Gasteiger partial charge in [0.25, 0.3) is 0 Å². The summed E-state index contributed by atoms with van der Waals surface area (Å²) < 4.78 is 0. The predicted octanol–water partition coefficient (Wildman–Crippen LogP) is 2.35. The van der Waals surface area contributed by atoms with Crippen LogP contribution >= 0.6 is 0 Å². The Morgan fingerprint density at radius 1 is 1.29 bits per heavy atom. The molecule has 0 N–H and O–H groups in total. The van der Waals surface area contributed by atoms with E-state index in [9.17, 15) is 5.26 Å². The van der Waals surface area contributed by atoms with Gasteiger partial charge in [0.1, 0.15) is 11.9 Å². The number of nitriles is 1. The van der Waals surface area contributed by atoms with Gasteiger partial charge in [-0.2, -0.15) is 5.26 Å². The van der Waals surface area contributed by atoms with E-state index in [-0.39, 0.29) is 0 Å². The van der Waals surface area contributed by atoms with Crippen molar-refractivity contribution in [2.45, 2.75) is 32.7 Å². The lowest BCUT2D eigenvalue weighted by Crippen LogP contribution is -2.36. The molecule has 1 saturated carbocycles. The van der Waals surface area contributed by atoms with Crippen molar-refractivity contribution < 1.29 is 0 Å². The minimum Gasteiger partial charge on any atom is -0.354 e. The maximum absolute atomic E-state index is 9.43. The van der Waals surface area contributed by atoms with Crippen LogP contribution in [0, 0.1) is 37.0 Å². The van der Waals surface area contributed by atoms with Crippen LogP contribution in [-0.2, 0) is 0 Å². The van der Waals surface area contributed by atoms with Crippen molar-refractivity contribution in [3.63, 3.8) is 0 Å². The lowest BCUT2D eigenvalue weighted by Gasteiger charge is -2.24. The zero-order valence-corrected chi connectivity index (χ0v) is 13.4. The highest BCUT2D eigenvalue weighted by atomic mass is 15.3. The van der Waals surface area contributed by atoms with Crippen LogP contribution in [0.15, 0.2) is 6.07 Å². The van der Waals surface area contributed by atoms with Gasteiger partial charge in [0.15, 0.2) is 0 Å². The van der Waals surface area contributed by atoms with E-state index in [1.54, 1.807) is 0 Å². The zero-order valence-electron chi connectivity index (χ0n) is 13.4. The molecule has 1 saturated heterocycles. The minimum atomic E-state index is 0.576. The van der Waals surface area contributed by atoms with E-state index in [2.05, 4.69) is 30.0 Å². The molecule has 0 spiro atoms. The molecular formula is C17H24N4. The van der Waals surface area contributed by atoms with Crippen LogP contribution in [0.2, 0.25) is 0 Å². The number of aryl methyl sites for hydroxylation is 2. The Kier molecular flexibility index (Phi) is 3.62. The van der Waals surface area contributed by atoms with Crippen molar-refractivity contribution in [3.8, 4) is 6.07 Å². The van der Waals surface area contributed by atoms with Crippen LogP contribution < -0.4 is 4.90 Å². The second-order valence-corrected chi connectivity index (χ2v) is 6.81. The maximum atomic E-state index is 9.43. The first kappa shape index (κ1) is 14.3. The predicted molar refractivity (Wildman–Crippen MR) is 84.3 cm³/mol. The largest absolute Gasteiger partial charge is 0.354 e. The van der Waals surface area contributed by atoms with Gasteiger partial charge in [-0.05, 0) is 64.3 Å². The first-order valence-electron chi connectivity index (χ1n) is 7.81. The number of nitrogens with zero attached hydrogens (tertiary/aromatic N) is 4. The molecule has 0 aromatic carbocycles. The fourth-order valence-corrected chi connectivity index (χ4v) is 3.53. The van der Waals surface area contributed by atoms with Gasteiger partial charge in [0.05, 0.1) is 5.56 Å². The first-order chi connectivity index (χ1) is 10.0. The summed E-state index contributed by atoms with van der Waals surface area (Å²) in [6, 6.07) is 4.88. The van der Waals surface area contributed by atoms with Crippen molar-refractivity contribution in [1.29, 1.82) is 5.26 Å². The average molecular weight is 284 g/mol. The van der Waals surface area contributed by atoms with E-state index < -0.39 is 0 Å². The fourth-order valence-electron chi connectivity index (χ4n) is 3.53. The Morgan fingerprint density at radius 2 is 2.00 bits per heavy atom. The molecule has 0 bridgehead atoms. The van der Waals surface area contributed by atoms with Gasteiger partial charge in [-0.3, -0.25) is 0 Å². The lowest BCUT2D eigenvalue weighted by molar-refractivity contribution is 0.238. The Balaban J connectivity index is 1.91. The van der Waals surface area contributed by atoms with Crippen LogP contribution in [0.25, 0.3) is 0 Å². The van der Waals surface area contributed by atoms with Crippen molar-refractivity contribution in [2.75, 3.05) is 32.1 Å². The molecule has 2 heterocycles. The van der Waals surface area contributed by atoms with Crippen molar-refractivity contribution in [2.24, 2.45) is 11.8 Å². The molecule has 4 nitrogen and oxygen atoms in total. The highest BCUT2D eigenvalue weighted by molar-refractivity contribution is 5.57. The molecule has 2 fully saturated rings. The number of pyridine rings is 1. The summed E-state index contributed by atoms with van der Waals surface area (Å²) in [4.78, 5) is 9.39. The summed E-state index contributed by atoms with van der Waals surface area (Å²) in [6.45, 7) is 6.07. The normalized spacial score (nSPS) is 25.4. The molecule has 112 valence electrons. The van der Waals surface area contributed by atoms with Gasteiger partial charge in [0.2, 0.25) is 0 Å². The van der Waals surface area contributed by atoms with Crippen LogP contribution in [-0.4, -0.2) is 43.1 Å². The number of hydrogen-bond acceptors (Lipinski definition) is 4. The number of hydrogen-bond donors (Lipinski definition) is 0. The molecule has 1 aromatic rings. The lowest BCUT2D eigenvalue weighted by atomic mass is 9.97. The molecule has 0 unspecified atom stereocenters. The average Bonchev–Trinajstić information content (AvgIpc) is 3.20. The third-order valence-corrected chi connectivity index (χ3v) is 5.09. The number of anilines is 1. The quantitative estimate of drug-likeness (QED) is 0.854. The third-order valence-electron chi connectivity index (χ3n) is 5.09. The van der Waals surface area contributed by atoms with E-state index in [1.807, 2.05) is 19.9 Å². The van der Waals surface area contributed by atoms with Gasteiger partial charge in [-0.15, -0.1) is 0 Å². The molecule has 0 amide bonds. The van der Waals surface area contributed by atoms with Gasteiger partial charge >= 0.3 is 0 Å². The van der Waals surface area contributed by atoms with Crippen LogP contribution in [0.5, 0.6) is 0 Å². The van der Waals surface area contributed by atoms with Crippen molar-refractivity contribution in [3.05, 3.63) is 22.9 Å². The maximum Gasteiger partial charge on any atom is 0.146 e. The Bertz CT molecular complexity index is 573. The van der Waals surface area contributed by atoms with Crippen molar-refractivity contribution >= 4 is 5.82 Å². The second kappa shape index (κ2) is 5.31. The smallest absolute Gasteiger partial charge is 0.146 e. The summed E-state index contributed by atoms with van der Waals surface area (Å²) in [5, 5.41) is 9.43. The Morgan fingerprint density at radius 3 is 2.57 bits per heavy atom. The number of rotatable bonds is 3. The summed E-state index contributed by atoms with van der Waals surface area (Å²) in [7, 11) is 4.34. The molecule has 2 atom stereocenters. The van der Waals surface area contributed by atoms with Crippen LogP contribution in [0.1, 0.15) is 29.7 Å². The summed E-state index contributed by atoms with van der Waals surface area (Å²) in [5.74, 6) is 2.48. The summed E-state index contributed by atoms with van der Waals surface area (Å²) >= 11 is 0. The number of aromatic nitrogens is 1. The van der Waals surface area contributed by atoms with E-state index in [1.165, 1.54) is 12.8 Å². The monoisotopic (exact) mass is 284 g/mol. The molecule has 1 aliphatic heterocycles. The van der Waals surface area contributed by atoms with Gasteiger partial charge < -0.3 is 9.80 Å². The van der Waals surface area contributed by atoms with E-state index >= 15 is 0 Å². The standard InChI is InChI=1S/C17H24N4/c1-11-7-14(8-18)17(19-12(11)2)21-9-15(13-5-6-13)16(10-21)20(3)4/h7,13,15-16H,5-6,9-10H2,1-4H3/t15-,16+/m1/s1. The summed E-state index contributed by atoms with van der Waals surface area (Å²) in [6.07, 6.45) is 2.74. The molecule has 1 aliphatic carbocycles. The van der Waals surface area contributed by atoms with Gasteiger partial charge in [-0.1, -0.05) is 0 Å². The SMILES string of the molecule is Cc1cc(C#N)c(N2C[C@H](C3CC3)[C@@H](N(C)C)C2)nc1C. The molecule has 0 radical (unpaired) electrons. The van der Waals surface area contributed by atoms with Gasteiger partial charge in [-0.25, -0.2) is 4.98 Å². The number of likely N-dealkylation sites (N-methyl/N-ethyl adjacent to an activating group) is 1. The molecule has 2 aliphatic rings. The minimum absolute atomic E-state index is 0.576. The molecular weight excluding hydrogens is 260 g/mol. The zero-order chi connectivity index (χ0) is 15.1. The fraction of sp³-hybridized carbons (Fsp3) is 0.647. The highest BCUT2D eigenvalue weighted by Gasteiger charge is 2.44. The van der Waals surface area contributed by atoms with E-state index in [0.717, 1.165) is 42.0 Å². The molecule has 4 heteroatoms. The van der Waals surface area contributed by atoms with Crippen LogP contribution in [0.3, 0.4) is 0 Å². The second-order valence-electron chi connectivity index (χ2n) is 6.81. The topological polar surface area (TPSA) is 43.2 Å². The Hall–Kier alpha value is -1.60. The van der Waals surface area contributed by atoms with E-state index in [0.29, 0.717) is 11.6 Å². The van der Waals surface area contributed by atoms with E-state index in [4.69, 9.17) is 4.98 Å². The molecule has 1 aromatic heterocycles.